The lowest BCUT2D eigenvalue weighted by Crippen LogP contribution is -2.35. The van der Waals surface area contributed by atoms with Crippen LogP contribution in [0, 0.1) is 0 Å². The summed E-state index contributed by atoms with van der Waals surface area (Å²) in [5.74, 6) is 0.476. The molecule has 10 heteroatoms. The number of amides is 1. The van der Waals surface area contributed by atoms with Crippen LogP contribution in [-0.2, 0) is 17.9 Å². The number of aromatic amines is 1. The molecule has 218 valence electrons. The fourth-order valence-corrected chi connectivity index (χ4v) is 5.68. The number of ether oxygens (including phenoxy) is 1. The maximum atomic E-state index is 13.1. The standard InChI is InChI=1S/C33H33N7O3/c34-33-38-30(24-2-1-3-27(26(24)19-41)37-32(42)23-9-7-22(8-10-23)21-5-6-21)25-16-29(36-31(25)39-33)28-11-4-20(17-35-28)18-40-12-14-43-15-13-40/h1-4,7-11,16-17,21,41H,5-6,12-15,18-19H2,(H,37,42)(H3,34,36,38,39). The highest BCUT2D eigenvalue weighted by Crippen LogP contribution is 2.40. The van der Waals surface area contributed by atoms with Crippen LogP contribution in [0.15, 0.2) is 66.9 Å². The highest BCUT2D eigenvalue weighted by molar-refractivity contribution is 6.05. The van der Waals surface area contributed by atoms with Crippen LogP contribution in [0.25, 0.3) is 33.7 Å². The number of aliphatic hydroxyl groups is 1. The van der Waals surface area contributed by atoms with Crippen LogP contribution >= 0.6 is 0 Å². The number of hydrogen-bond acceptors (Lipinski definition) is 8. The molecule has 1 saturated heterocycles. The Labute approximate surface area is 249 Å². The van der Waals surface area contributed by atoms with Crippen LogP contribution in [0.1, 0.15) is 45.8 Å². The minimum Gasteiger partial charge on any atom is -0.392 e. The summed E-state index contributed by atoms with van der Waals surface area (Å²) in [5, 5.41) is 14.2. The normalized spacial score (nSPS) is 15.6. The highest BCUT2D eigenvalue weighted by Gasteiger charge is 2.24. The van der Waals surface area contributed by atoms with E-state index in [0.717, 1.165) is 55.2 Å². The first-order valence-electron chi connectivity index (χ1n) is 14.6. The summed E-state index contributed by atoms with van der Waals surface area (Å²) < 4.78 is 5.45. The largest absolute Gasteiger partial charge is 0.392 e. The SMILES string of the molecule is Nc1nc(-c2cccc(NC(=O)c3ccc(C4CC4)cc3)c2CO)c2cc(-c3ccc(CN4CCOCC4)cn3)[nH]c2n1. The molecule has 5 aromatic rings. The van der Waals surface area contributed by atoms with E-state index in [1.54, 1.807) is 6.07 Å². The molecule has 2 fully saturated rings. The summed E-state index contributed by atoms with van der Waals surface area (Å²) in [6, 6.07) is 19.2. The Morgan fingerprint density at radius 3 is 2.60 bits per heavy atom. The molecule has 5 N–H and O–H groups in total. The highest BCUT2D eigenvalue weighted by atomic mass is 16.5. The van der Waals surface area contributed by atoms with E-state index in [1.807, 2.05) is 54.7 Å². The molecule has 10 nitrogen and oxygen atoms in total. The summed E-state index contributed by atoms with van der Waals surface area (Å²) in [6.45, 7) is 3.88. The van der Waals surface area contributed by atoms with Crippen molar-refractivity contribution in [1.29, 1.82) is 0 Å². The molecule has 7 rings (SSSR count). The number of aromatic nitrogens is 4. The molecular formula is C33H33N7O3. The van der Waals surface area contributed by atoms with Crippen molar-refractivity contribution in [3.63, 3.8) is 0 Å². The first-order valence-corrected chi connectivity index (χ1v) is 14.6. The van der Waals surface area contributed by atoms with Gasteiger partial charge in [-0.15, -0.1) is 0 Å². The number of carbonyl (C=O) groups excluding carboxylic acids is 1. The number of morpholine rings is 1. The molecule has 43 heavy (non-hydrogen) atoms. The van der Waals surface area contributed by atoms with Crippen molar-refractivity contribution in [2.45, 2.75) is 31.9 Å². The lowest BCUT2D eigenvalue weighted by atomic mass is 10.00. The van der Waals surface area contributed by atoms with Crippen molar-refractivity contribution in [1.82, 2.24) is 24.8 Å². The molecule has 0 spiro atoms. The molecule has 1 aliphatic carbocycles. The third kappa shape index (κ3) is 5.72. The third-order valence-electron chi connectivity index (χ3n) is 8.17. The number of aliphatic hydroxyl groups excluding tert-OH is 1. The zero-order valence-electron chi connectivity index (χ0n) is 23.7. The predicted molar refractivity (Wildman–Crippen MR) is 165 cm³/mol. The van der Waals surface area contributed by atoms with Gasteiger partial charge in [0.05, 0.1) is 36.9 Å². The fourth-order valence-electron chi connectivity index (χ4n) is 5.68. The van der Waals surface area contributed by atoms with E-state index < -0.39 is 0 Å². The van der Waals surface area contributed by atoms with E-state index in [2.05, 4.69) is 31.2 Å². The molecule has 0 bridgehead atoms. The number of nitrogens with zero attached hydrogens (tertiary/aromatic N) is 4. The quantitative estimate of drug-likeness (QED) is 0.208. The van der Waals surface area contributed by atoms with Gasteiger partial charge in [0.15, 0.2) is 0 Å². The van der Waals surface area contributed by atoms with Crippen LogP contribution in [0.5, 0.6) is 0 Å². The molecule has 0 unspecified atom stereocenters. The van der Waals surface area contributed by atoms with E-state index >= 15 is 0 Å². The number of hydrogen-bond donors (Lipinski definition) is 4. The second-order valence-electron chi connectivity index (χ2n) is 11.2. The van der Waals surface area contributed by atoms with Gasteiger partial charge in [-0.3, -0.25) is 14.7 Å². The van der Waals surface area contributed by atoms with E-state index in [4.69, 9.17) is 15.5 Å². The molecule has 2 aromatic carbocycles. The third-order valence-corrected chi connectivity index (χ3v) is 8.17. The summed E-state index contributed by atoms with van der Waals surface area (Å²) in [6.07, 6.45) is 4.31. The molecule has 3 aromatic heterocycles. The molecule has 2 aliphatic rings. The molecule has 1 saturated carbocycles. The lowest BCUT2D eigenvalue weighted by molar-refractivity contribution is 0.0341. The summed E-state index contributed by atoms with van der Waals surface area (Å²) in [7, 11) is 0. The summed E-state index contributed by atoms with van der Waals surface area (Å²) in [4.78, 5) is 32.5. The molecule has 1 amide bonds. The lowest BCUT2D eigenvalue weighted by Gasteiger charge is -2.26. The van der Waals surface area contributed by atoms with Gasteiger partial charge < -0.3 is 25.9 Å². The number of carbonyl (C=O) groups is 1. The van der Waals surface area contributed by atoms with Gasteiger partial charge in [0.1, 0.15) is 5.65 Å². The molecule has 4 heterocycles. The number of H-pyrrole nitrogens is 1. The average Bonchev–Trinajstić information content (AvgIpc) is 3.80. The van der Waals surface area contributed by atoms with Crippen LogP contribution in [0.4, 0.5) is 11.6 Å². The molecular weight excluding hydrogens is 542 g/mol. The first-order chi connectivity index (χ1) is 21.1. The van der Waals surface area contributed by atoms with Crippen molar-refractivity contribution in [3.05, 3.63) is 89.1 Å². The predicted octanol–water partition coefficient (Wildman–Crippen LogP) is 4.72. The van der Waals surface area contributed by atoms with E-state index in [0.29, 0.717) is 39.6 Å². The van der Waals surface area contributed by atoms with Gasteiger partial charge in [-0.25, -0.2) is 4.98 Å². The Hall–Kier alpha value is -4.64. The summed E-state index contributed by atoms with van der Waals surface area (Å²) >= 11 is 0. The van der Waals surface area contributed by atoms with Gasteiger partial charge in [0, 0.05) is 53.6 Å². The zero-order valence-corrected chi connectivity index (χ0v) is 23.7. The van der Waals surface area contributed by atoms with Crippen LogP contribution in [-0.4, -0.2) is 62.2 Å². The number of fused-ring (bicyclic) bond motifs is 1. The number of nitrogens with two attached hydrogens (primary N) is 1. The van der Waals surface area contributed by atoms with Crippen molar-refractivity contribution in [3.8, 4) is 22.6 Å². The van der Waals surface area contributed by atoms with Crippen molar-refractivity contribution < 1.29 is 14.6 Å². The Balaban J connectivity index is 1.18. The minimum atomic E-state index is -0.304. The molecule has 0 atom stereocenters. The van der Waals surface area contributed by atoms with E-state index in [-0.39, 0.29) is 18.5 Å². The topological polar surface area (TPSA) is 142 Å². The number of pyridine rings is 1. The van der Waals surface area contributed by atoms with Crippen LogP contribution < -0.4 is 11.1 Å². The average molecular weight is 576 g/mol. The second kappa shape index (κ2) is 11.6. The van der Waals surface area contributed by atoms with Gasteiger partial charge in [-0.05, 0) is 60.2 Å². The number of rotatable bonds is 8. The number of benzene rings is 2. The zero-order chi connectivity index (χ0) is 29.3. The van der Waals surface area contributed by atoms with Crippen molar-refractivity contribution in [2.75, 3.05) is 37.4 Å². The van der Waals surface area contributed by atoms with Crippen molar-refractivity contribution >= 4 is 28.6 Å². The number of nitrogens with one attached hydrogen (secondary N) is 2. The van der Waals surface area contributed by atoms with Gasteiger partial charge in [0.25, 0.3) is 5.91 Å². The first kappa shape index (κ1) is 27.2. The van der Waals surface area contributed by atoms with Gasteiger partial charge in [0.2, 0.25) is 5.95 Å². The van der Waals surface area contributed by atoms with E-state index in [9.17, 15) is 9.90 Å². The summed E-state index contributed by atoms with van der Waals surface area (Å²) in [5.41, 5.74) is 13.5. The van der Waals surface area contributed by atoms with Gasteiger partial charge in [-0.1, -0.05) is 30.3 Å². The molecule has 0 radical (unpaired) electrons. The minimum absolute atomic E-state index is 0.0961. The monoisotopic (exact) mass is 575 g/mol. The molecule has 1 aliphatic heterocycles. The smallest absolute Gasteiger partial charge is 0.255 e. The van der Waals surface area contributed by atoms with Crippen molar-refractivity contribution in [2.24, 2.45) is 0 Å². The Morgan fingerprint density at radius 2 is 1.88 bits per heavy atom. The Bertz CT molecular complexity index is 1770. The van der Waals surface area contributed by atoms with Gasteiger partial charge >= 0.3 is 0 Å². The van der Waals surface area contributed by atoms with Crippen LogP contribution in [0.3, 0.4) is 0 Å². The number of nitrogen functional groups attached to an aromatic ring is 1. The van der Waals surface area contributed by atoms with Crippen LogP contribution in [0.2, 0.25) is 0 Å². The fraction of sp³-hybridized carbons (Fsp3) is 0.273. The maximum absolute atomic E-state index is 13.1. The maximum Gasteiger partial charge on any atom is 0.255 e. The Kier molecular flexibility index (Phi) is 7.32. The van der Waals surface area contributed by atoms with Gasteiger partial charge in [-0.2, -0.15) is 4.98 Å². The van der Waals surface area contributed by atoms with E-state index in [1.165, 1.54) is 18.4 Å². The number of anilines is 2. The Morgan fingerprint density at radius 1 is 1.07 bits per heavy atom. The second-order valence-corrected chi connectivity index (χ2v) is 11.2.